The number of halogens is 2. The van der Waals surface area contributed by atoms with Crippen molar-refractivity contribution in [3.63, 3.8) is 0 Å². The summed E-state index contributed by atoms with van der Waals surface area (Å²) < 4.78 is 53.4. The SMILES string of the molecule is CCNCC(C)S(=O)(=O)NCCOCC(F)F. The molecule has 1 unspecified atom stereocenters. The van der Waals surface area contributed by atoms with Crippen molar-refractivity contribution in [3.05, 3.63) is 0 Å². The second-order valence-electron chi connectivity index (χ2n) is 3.52. The molecule has 1 atom stereocenters. The molecular formula is C9H20F2N2O3S. The van der Waals surface area contributed by atoms with Crippen LogP contribution >= 0.6 is 0 Å². The molecule has 0 heterocycles. The van der Waals surface area contributed by atoms with Crippen LogP contribution in [0.3, 0.4) is 0 Å². The molecule has 0 radical (unpaired) electrons. The molecule has 0 aliphatic heterocycles. The van der Waals surface area contributed by atoms with Crippen molar-refractivity contribution in [2.75, 3.05) is 32.8 Å². The number of sulfonamides is 1. The fraction of sp³-hybridized carbons (Fsp3) is 1.00. The molecule has 0 aromatic heterocycles. The first-order valence-corrected chi connectivity index (χ1v) is 6.99. The van der Waals surface area contributed by atoms with E-state index in [1.165, 1.54) is 0 Å². The molecular weight excluding hydrogens is 254 g/mol. The molecule has 0 aromatic carbocycles. The maximum atomic E-state index is 11.7. The van der Waals surface area contributed by atoms with Crippen LogP contribution in [-0.4, -0.2) is 52.9 Å². The van der Waals surface area contributed by atoms with E-state index in [9.17, 15) is 17.2 Å². The standard InChI is InChI=1S/C9H20F2N2O3S/c1-3-12-6-8(2)17(14,15)13-4-5-16-7-9(10)11/h8-9,12-13H,3-7H2,1-2H3. The molecule has 0 bridgehead atoms. The van der Waals surface area contributed by atoms with Gasteiger partial charge in [0.1, 0.15) is 6.61 Å². The Balaban J connectivity index is 3.77. The Morgan fingerprint density at radius 2 is 2.00 bits per heavy atom. The average molecular weight is 274 g/mol. The number of nitrogens with one attached hydrogen (secondary N) is 2. The minimum absolute atomic E-state index is 0.00547. The second-order valence-corrected chi connectivity index (χ2v) is 5.71. The first-order valence-electron chi connectivity index (χ1n) is 5.45. The predicted molar refractivity (Wildman–Crippen MR) is 61.8 cm³/mol. The van der Waals surface area contributed by atoms with Crippen LogP contribution in [-0.2, 0) is 14.8 Å². The van der Waals surface area contributed by atoms with Gasteiger partial charge in [-0.1, -0.05) is 6.92 Å². The topological polar surface area (TPSA) is 67.4 Å². The highest BCUT2D eigenvalue weighted by Gasteiger charge is 2.19. The monoisotopic (exact) mass is 274 g/mol. The third kappa shape index (κ3) is 8.42. The van der Waals surface area contributed by atoms with Crippen LogP contribution in [0.4, 0.5) is 8.78 Å². The van der Waals surface area contributed by atoms with Gasteiger partial charge < -0.3 is 10.1 Å². The van der Waals surface area contributed by atoms with Gasteiger partial charge in [-0.05, 0) is 13.5 Å². The molecule has 2 N–H and O–H groups in total. The van der Waals surface area contributed by atoms with Gasteiger partial charge in [0.25, 0.3) is 6.43 Å². The quantitative estimate of drug-likeness (QED) is 0.558. The van der Waals surface area contributed by atoms with Crippen LogP contribution < -0.4 is 10.0 Å². The third-order valence-corrected chi connectivity index (χ3v) is 3.84. The molecule has 0 spiro atoms. The van der Waals surface area contributed by atoms with Crippen molar-refractivity contribution in [3.8, 4) is 0 Å². The van der Waals surface area contributed by atoms with Gasteiger partial charge in [0, 0.05) is 13.1 Å². The smallest absolute Gasteiger partial charge is 0.261 e. The van der Waals surface area contributed by atoms with E-state index >= 15 is 0 Å². The molecule has 8 heteroatoms. The summed E-state index contributed by atoms with van der Waals surface area (Å²) in [4.78, 5) is 0. The molecule has 17 heavy (non-hydrogen) atoms. The van der Waals surface area contributed by atoms with Crippen molar-refractivity contribution in [1.29, 1.82) is 0 Å². The molecule has 5 nitrogen and oxygen atoms in total. The van der Waals surface area contributed by atoms with Gasteiger partial charge in [-0.3, -0.25) is 0 Å². The van der Waals surface area contributed by atoms with Gasteiger partial charge in [0.05, 0.1) is 11.9 Å². The van der Waals surface area contributed by atoms with E-state index in [-0.39, 0.29) is 13.2 Å². The van der Waals surface area contributed by atoms with Crippen molar-refractivity contribution >= 4 is 10.0 Å². The molecule has 0 aliphatic carbocycles. The first kappa shape index (κ1) is 16.7. The Labute approximate surface area is 101 Å². The third-order valence-electron chi connectivity index (χ3n) is 2.00. The summed E-state index contributed by atoms with van der Waals surface area (Å²) in [5.74, 6) is 0. The summed E-state index contributed by atoms with van der Waals surface area (Å²) in [6.45, 7) is 3.77. The Hall–Kier alpha value is -0.310. The zero-order valence-electron chi connectivity index (χ0n) is 10.1. The van der Waals surface area contributed by atoms with Crippen molar-refractivity contribution in [2.45, 2.75) is 25.5 Å². The normalized spacial score (nSPS) is 14.2. The van der Waals surface area contributed by atoms with E-state index in [2.05, 4.69) is 14.8 Å². The van der Waals surface area contributed by atoms with Crippen LogP contribution in [0, 0.1) is 0 Å². The van der Waals surface area contributed by atoms with Gasteiger partial charge in [0.2, 0.25) is 10.0 Å². The predicted octanol–water partition coefficient (Wildman–Crippen LogP) is 0.186. The van der Waals surface area contributed by atoms with E-state index in [4.69, 9.17) is 0 Å². The van der Waals surface area contributed by atoms with E-state index in [0.717, 1.165) is 0 Å². The van der Waals surface area contributed by atoms with Crippen LogP contribution in [0.1, 0.15) is 13.8 Å². The Morgan fingerprint density at radius 1 is 1.35 bits per heavy atom. The maximum absolute atomic E-state index is 11.7. The summed E-state index contributed by atoms with van der Waals surface area (Å²) in [5, 5.41) is 2.35. The second kappa shape index (κ2) is 8.73. The lowest BCUT2D eigenvalue weighted by Crippen LogP contribution is -2.40. The molecule has 104 valence electrons. The van der Waals surface area contributed by atoms with Gasteiger partial charge in [-0.15, -0.1) is 0 Å². The van der Waals surface area contributed by atoms with Crippen LogP contribution in [0.5, 0.6) is 0 Å². The Kier molecular flexibility index (Phi) is 8.57. The van der Waals surface area contributed by atoms with E-state index in [0.29, 0.717) is 13.1 Å². The van der Waals surface area contributed by atoms with Crippen LogP contribution in [0.2, 0.25) is 0 Å². The van der Waals surface area contributed by atoms with Crippen LogP contribution in [0.25, 0.3) is 0 Å². The fourth-order valence-electron chi connectivity index (χ4n) is 1.03. The maximum Gasteiger partial charge on any atom is 0.261 e. The fourth-order valence-corrected chi connectivity index (χ4v) is 2.02. The minimum Gasteiger partial charge on any atom is -0.374 e. The summed E-state index contributed by atoms with van der Waals surface area (Å²) in [7, 11) is -3.41. The van der Waals surface area contributed by atoms with E-state index in [1.54, 1.807) is 6.92 Å². The summed E-state index contributed by atoms with van der Waals surface area (Å²) >= 11 is 0. The van der Waals surface area contributed by atoms with Gasteiger partial charge in [0.15, 0.2) is 0 Å². The van der Waals surface area contributed by atoms with Gasteiger partial charge >= 0.3 is 0 Å². The summed E-state index contributed by atoms with van der Waals surface area (Å²) in [6.07, 6.45) is -2.53. The number of hydrogen-bond donors (Lipinski definition) is 2. The first-order chi connectivity index (χ1) is 7.90. The van der Waals surface area contributed by atoms with E-state index in [1.807, 2.05) is 6.92 Å². The summed E-state index contributed by atoms with van der Waals surface area (Å²) in [5.41, 5.74) is 0. The average Bonchev–Trinajstić information content (AvgIpc) is 2.24. The molecule has 0 rings (SSSR count). The minimum atomic E-state index is -3.41. The number of hydrogen-bond acceptors (Lipinski definition) is 4. The molecule has 0 amide bonds. The van der Waals surface area contributed by atoms with Gasteiger partial charge in [-0.25, -0.2) is 21.9 Å². The molecule has 0 saturated carbocycles. The van der Waals surface area contributed by atoms with Crippen molar-refractivity contribution < 1.29 is 21.9 Å². The van der Waals surface area contributed by atoms with Gasteiger partial charge in [-0.2, -0.15) is 0 Å². The lowest BCUT2D eigenvalue weighted by atomic mass is 10.5. The van der Waals surface area contributed by atoms with E-state index < -0.39 is 28.3 Å². The number of rotatable bonds is 10. The van der Waals surface area contributed by atoms with Crippen LogP contribution in [0.15, 0.2) is 0 Å². The molecule has 0 aliphatic rings. The molecule has 0 fully saturated rings. The largest absolute Gasteiger partial charge is 0.374 e. The highest BCUT2D eigenvalue weighted by atomic mass is 32.2. The lowest BCUT2D eigenvalue weighted by Gasteiger charge is -2.14. The Bertz CT molecular complexity index is 286. The number of alkyl halides is 2. The van der Waals surface area contributed by atoms with Crippen molar-refractivity contribution in [1.82, 2.24) is 10.0 Å². The van der Waals surface area contributed by atoms with Crippen molar-refractivity contribution in [2.24, 2.45) is 0 Å². The zero-order valence-corrected chi connectivity index (χ0v) is 10.9. The summed E-state index contributed by atoms with van der Waals surface area (Å²) in [6, 6.07) is 0. The number of ether oxygens (including phenoxy) is 1. The molecule has 0 aromatic rings. The molecule has 0 saturated heterocycles. The highest BCUT2D eigenvalue weighted by molar-refractivity contribution is 7.90. The lowest BCUT2D eigenvalue weighted by molar-refractivity contribution is 0.0199. The zero-order chi connectivity index (χ0) is 13.3. The Morgan fingerprint density at radius 3 is 2.53 bits per heavy atom. The highest BCUT2D eigenvalue weighted by Crippen LogP contribution is 1.96.